The van der Waals surface area contributed by atoms with Crippen LogP contribution in [-0.2, 0) is 29.2 Å². The highest BCUT2D eigenvalue weighted by atomic mass is 16.7. The van der Waals surface area contributed by atoms with Crippen molar-refractivity contribution in [3.63, 3.8) is 0 Å². The van der Waals surface area contributed by atoms with Crippen LogP contribution in [0, 0.1) is 0 Å². The topological polar surface area (TPSA) is 83.9 Å². The zero-order chi connectivity index (χ0) is 30.8. The molecule has 0 saturated carbocycles. The maximum absolute atomic E-state index is 12.8. The van der Waals surface area contributed by atoms with Crippen molar-refractivity contribution in [2.24, 2.45) is 0 Å². The maximum Gasteiger partial charge on any atom is 0.257 e. The largest absolute Gasteiger partial charge is 0.392 e. The minimum atomic E-state index is -0.642. The van der Waals surface area contributed by atoms with Gasteiger partial charge in [-0.15, -0.1) is 0 Å². The number of aliphatic hydroxyl groups is 1. The van der Waals surface area contributed by atoms with Crippen molar-refractivity contribution in [3.05, 3.63) is 167 Å². The molecule has 0 aliphatic carbocycles. The summed E-state index contributed by atoms with van der Waals surface area (Å²) in [5, 5.41) is 12.6. The van der Waals surface area contributed by atoms with Crippen LogP contribution in [0.25, 0.3) is 0 Å². The first-order valence-corrected chi connectivity index (χ1v) is 15.2. The van der Waals surface area contributed by atoms with Gasteiger partial charge in [-0.3, -0.25) is 14.7 Å². The number of nitrogens with zero attached hydrogens (tertiary/aromatic N) is 2. The van der Waals surface area contributed by atoms with Crippen LogP contribution in [0.15, 0.2) is 134 Å². The summed E-state index contributed by atoms with van der Waals surface area (Å²) in [4.78, 5) is 19.3. The molecule has 4 aromatic carbocycles. The van der Waals surface area contributed by atoms with Crippen molar-refractivity contribution in [2.75, 3.05) is 11.9 Å². The fourth-order valence-corrected chi connectivity index (χ4v) is 5.65. The molecule has 1 aliphatic heterocycles. The number of nitrogens with one attached hydrogen (secondary N) is 1. The Bertz CT molecular complexity index is 1610. The Labute approximate surface area is 264 Å². The SMILES string of the molecule is O=C(Nc1cccc(C2OC(CN(Cc3ccccc3)Cc3ccccc3)CC(c3ccc(CO)cc3)O2)c1)c1cccnc1. The predicted molar refractivity (Wildman–Crippen MR) is 174 cm³/mol. The lowest BCUT2D eigenvalue weighted by atomic mass is 9.99. The molecule has 7 heteroatoms. The lowest BCUT2D eigenvalue weighted by Gasteiger charge is -2.38. The summed E-state index contributed by atoms with van der Waals surface area (Å²) in [5.74, 6) is -0.233. The zero-order valence-corrected chi connectivity index (χ0v) is 25.0. The van der Waals surface area contributed by atoms with Gasteiger partial charge in [-0.25, -0.2) is 0 Å². The molecular formula is C38H37N3O4. The van der Waals surface area contributed by atoms with Crippen LogP contribution in [-0.4, -0.2) is 33.5 Å². The van der Waals surface area contributed by atoms with Crippen LogP contribution in [0.2, 0.25) is 0 Å². The standard InChI is InChI=1S/C38H37N3O4/c42-27-30-16-18-31(19-17-30)36-22-35(26-41(24-28-9-3-1-4-10-28)25-29-11-5-2-6-12-29)44-38(45-36)32-13-7-15-34(21-32)40-37(43)33-14-8-20-39-23-33/h1-21,23,35-36,38,42H,22,24-27H2,(H,40,43). The molecule has 7 nitrogen and oxygen atoms in total. The molecule has 45 heavy (non-hydrogen) atoms. The van der Waals surface area contributed by atoms with Gasteiger partial charge in [0.25, 0.3) is 5.91 Å². The Kier molecular flexibility index (Phi) is 10.0. The third kappa shape index (κ3) is 8.29. The third-order valence-electron chi connectivity index (χ3n) is 7.92. The van der Waals surface area contributed by atoms with Gasteiger partial charge in [-0.2, -0.15) is 0 Å². The number of benzene rings is 4. The third-order valence-corrected chi connectivity index (χ3v) is 7.92. The summed E-state index contributed by atoms with van der Waals surface area (Å²) in [6, 6.07) is 40.0. The lowest BCUT2D eigenvalue weighted by molar-refractivity contribution is -0.253. The quantitative estimate of drug-likeness (QED) is 0.169. The number of pyridine rings is 1. The second-order valence-electron chi connectivity index (χ2n) is 11.3. The van der Waals surface area contributed by atoms with E-state index in [1.807, 2.05) is 60.7 Å². The Balaban J connectivity index is 1.25. The Hall–Kier alpha value is -4.66. The molecule has 3 unspecified atom stereocenters. The summed E-state index contributed by atoms with van der Waals surface area (Å²) >= 11 is 0. The number of carbonyl (C=O) groups is 1. The van der Waals surface area contributed by atoms with Crippen molar-refractivity contribution in [3.8, 4) is 0 Å². The average molecular weight is 600 g/mol. The number of hydrogen-bond donors (Lipinski definition) is 2. The first kappa shape index (κ1) is 30.4. The minimum absolute atomic E-state index is 0.00828. The van der Waals surface area contributed by atoms with E-state index in [9.17, 15) is 9.90 Å². The molecule has 6 rings (SSSR count). The second kappa shape index (κ2) is 14.9. The molecule has 0 radical (unpaired) electrons. The Morgan fingerprint density at radius 1 is 0.778 bits per heavy atom. The summed E-state index contributed by atoms with van der Waals surface area (Å²) in [6.45, 7) is 2.26. The van der Waals surface area contributed by atoms with Gasteiger partial charge in [0, 0.05) is 49.7 Å². The van der Waals surface area contributed by atoms with E-state index >= 15 is 0 Å². The Morgan fingerprint density at radius 2 is 1.49 bits per heavy atom. The molecule has 0 spiro atoms. The lowest BCUT2D eigenvalue weighted by Crippen LogP contribution is -2.39. The van der Waals surface area contributed by atoms with Gasteiger partial charge in [-0.05, 0) is 46.5 Å². The molecule has 1 aromatic heterocycles. The van der Waals surface area contributed by atoms with Crippen molar-refractivity contribution in [2.45, 2.75) is 44.6 Å². The molecule has 0 bridgehead atoms. The van der Waals surface area contributed by atoms with Gasteiger partial charge in [0.1, 0.15) is 0 Å². The highest BCUT2D eigenvalue weighted by Gasteiger charge is 2.33. The minimum Gasteiger partial charge on any atom is -0.392 e. The Morgan fingerprint density at radius 3 is 2.13 bits per heavy atom. The van der Waals surface area contributed by atoms with Gasteiger partial charge in [0.15, 0.2) is 6.29 Å². The smallest absolute Gasteiger partial charge is 0.257 e. The van der Waals surface area contributed by atoms with Gasteiger partial charge in [0.05, 0.1) is 24.4 Å². The molecule has 3 atom stereocenters. The first-order valence-electron chi connectivity index (χ1n) is 15.2. The normalized spacial score (nSPS) is 18.0. The molecular weight excluding hydrogens is 562 g/mol. The molecule has 1 saturated heterocycles. The van der Waals surface area contributed by atoms with E-state index in [4.69, 9.17) is 9.47 Å². The van der Waals surface area contributed by atoms with Crippen molar-refractivity contribution >= 4 is 11.6 Å². The molecule has 1 aliphatic rings. The molecule has 1 amide bonds. The summed E-state index contributed by atoms with van der Waals surface area (Å²) in [6.07, 6.45) is 2.86. The number of hydrogen-bond acceptors (Lipinski definition) is 6. The van der Waals surface area contributed by atoms with Crippen molar-refractivity contribution in [1.29, 1.82) is 0 Å². The molecule has 2 heterocycles. The fourth-order valence-electron chi connectivity index (χ4n) is 5.65. The van der Waals surface area contributed by atoms with E-state index in [2.05, 4.69) is 63.7 Å². The summed E-state index contributed by atoms with van der Waals surface area (Å²) < 4.78 is 13.3. The van der Waals surface area contributed by atoms with E-state index in [1.54, 1.807) is 24.5 Å². The maximum atomic E-state index is 12.8. The number of anilines is 1. The van der Waals surface area contributed by atoms with E-state index in [-0.39, 0.29) is 24.7 Å². The highest BCUT2D eigenvalue weighted by molar-refractivity contribution is 6.04. The molecule has 5 aromatic rings. The van der Waals surface area contributed by atoms with Gasteiger partial charge >= 0.3 is 0 Å². The van der Waals surface area contributed by atoms with Crippen LogP contribution in [0.5, 0.6) is 0 Å². The zero-order valence-electron chi connectivity index (χ0n) is 25.0. The average Bonchev–Trinajstić information content (AvgIpc) is 3.09. The van der Waals surface area contributed by atoms with Crippen LogP contribution < -0.4 is 5.32 Å². The van der Waals surface area contributed by atoms with E-state index in [1.165, 1.54) is 11.1 Å². The second-order valence-corrected chi connectivity index (χ2v) is 11.3. The number of aliphatic hydroxyl groups excluding tert-OH is 1. The van der Waals surface area contributed by atoms with E-state index < -0.39 is 6.29 Å². The van der Waals surface area contributed by atoms with Crippen LogP contribution in [0.1, 0.15) is 57.0 Å². The van der Waals surface area contributed by atoms with Gasteiger partial charge < -0.3 is 19.9 Å². The monoisotopic (exact) mass is 599 g/mol. The number of aromatic nitrogens is 1. The fraction of sp³-hybridized carbons (Fsp3) is 0.211. The van der Waals surface area contributed by atoms with Crippen molar-refractivity contribution in [1.82, 2.24) is 9.88 Å². The number of carbonyl (C=O) groups excluding carboxylic acids is 1. The highest BCUT2D eigenvalue weighted by Crippen LogP contribution is 2.39. The van der Waals surface area contributed by atoms with Crippen molar-refractivity contribution < 1.29 is 19.4 Å². The van der Waals surface area contributed by atoms with Crippen LogP contribution in [0.3, 0.4) is 0 Å². The molecule has 228 valence electrons. The predicted octanol–water partition coefficient (Wildman–Crippen LogP) is 7.07. The van der Waals surface area contributed by atoms with Crippen LogP contribution in [0.4, 0.5) is 5.69 Å². The molecule has 2 N–H and O–H groups in total. The summed E-state index contributed by atoms with van der Waals surface area (Å²) in [7, 11) is 0. The number of amides is 1. The van der Waals surface area contributed by atoms with E-state index in [0.29, 0.717) is 24.2 Å². The summed E-state index contributed by atoms with van der Waals surface area (Å²) in [5.41, 5.74) is 6.32. The van der Waals surface area contributed by atoms with Gasteiger partial charge in [-0.1, -0.05) is 97.1 Å². The number of rotatable bonds is 11. The van der Waals surface area contributed by atoms with Gasteiger partial charge in [0.2, 0.25) is 0 Å². The first-order chi connectivity index (χ1) is 22.1. The van der Waals surface area contributed by atoms with E-state index in [0.717, 1.165) is 29.8 Å². The van der Waals surface area contributed by atoms with Crippen LogP contribution >= 0.6 is 0 Å². The number of ether oxygens (including phenoxy) is 2. The molecule has 1 fully saturated rings.